The lowest BCUT2D eigenvalue weighted by Gasteiger charge is -2.13. The summed E-state index contributed by atoms with van der Waals surface area (Å²) in [6, 6.07) is 5.68. The summed E-state index contributed by atoms with van der Waals surface area (Å²) < 4.78 is 10.8. The molecule has 0 spiro atoms. The fourth-order valence-electron chi connectivity index (χ4n) is 1.69. The Bertz CT molecular complexity index is 374. The van der Waals surface area contributed by atoms with E-state index in [1.807, 2.05) is 25.1 Å². The second kappa shape index (κ2) is 6.78. The number of methoxy groups -OCH3 is 1. The van der Waals surface area contributed by atoms with Crippen molar-refractivity contribution >= 4 is 5.97 Å². The van der Waals surface area contributed by atoms with Crippen LogP contribution in [0.5, 0.6) is 11.5 Å². The van der Waals surface area contributed by atoms with Crippen molar-refractivity contribution in [2.75, 3.05) is 13.7 Å². The van der Waals surface area contributed by atoms with Gasteiger partial charge in [-0.05, 0) is 31.4 Å². The lowest BCUT2D eigenvalue weighted by Crippen LogP contribution is -2.00. The first kappa shape index (κ1) is 13.4. The molecule has 4 nitrogen and oxygen atoms in total. The molecule has 0 radical (unpaired) electrons. The summed E-state index contributed by atoms with van der Waals surface area (Å²) in [5.41, 5.74) is 0.986. The zero-order valence-electron chi connectivity index (χ0n) is 10.2. The molecule has 0 amide bonds. The molecule has 0 aliphatic heterocycles. The van der Waals surface area contributed by atoms with E-state index in [0.717, 1.165) is 5.56 Å². The van der Waals surface area contributed by atoms with Gasteiger partial charge in [-0.2, -0.15) is 0 Å². The molecule has 0 aliphatic carbocycles. The van der Waals surface area contributed by atoms with E-state index in [1.54, 1.807) is 7.11 Å². The molecule has 0 bridgehead atoms. The first-order valence-corrected chi connectivity index (χ1v) is 5.69. The number of aryl methyl sites for hydroxylation is 1. The summed E-state index contributed by atoms with van der Waals surface area (Å²) in [6.45, 7) is 2.49. The van der Waals surface area contributed by atoms with E-state index in [0.29, 0.717) is 30.9 Å². The van der Waals surface area contributed by atoms with Crippen molar-refractivity contribution in [3.8, 4) is 11.5 Å². The Morgan fingerprint density at radius 2 is 2.18 bits per heavy atom. The number of hydrogen-bond acceptors (Lipinski definition) is 3. The third-order valence-corrected chi connectivity index (χ3v) is 2.40. The predicted octanol–water partition coefficient (Wildman–Crippen LogP) is 2.50. The molecule has 0 saturated heterocycles. The Morgan fingerprint density at radius 3 is 2.76 bits per heavy atom. The SMILES string of the molecule is CCOc1cccc(CCCC(=O)O)c1OC. The number of carbonyl (C=O) groups is 1. The molecule has 4 heteroatoms. The maximum atomic E-state index is 10.5. The molecule has 1 aromatic rings. The molecule has 0 heterocycles. The highest BCUT2D eigenvalue weighted by atomic mass is 16.5. The molecule has 0 atom stereocenters. The van der Waals surface area contributed by atoms with Crippen LogP contribution >= 0.6 is 0 Å². The van der Waals surface area contributed by atoms with E-state index in [1.165, 1.54) is 0 Å². The molecule has 0 aromatic heterocycles. The van der Waals surface area contributed by atoms with Gasteiger partial charge in [0.15, 0.2) is 11.5 Å². The van der Waals surface area contributed by atoms with Gasteiger partial charge in [0.1, 0.15) is 0 Å². The number of carboxylic acid groups (broad SMARTS) is 1. The Morgan fingerprint density at radius 1 is 1.41 bits per heavy atom. The second-order valence-corrected chi connectivity index (χ2v) is 3.63. The molecule has 0 unspecified atom stereocenters. The Labute approximate surface area is 101 Å². The average Bonchev–Trinajstić information content (AvgIpc) is 2.29. The summed E-state index contributed by atoms with van der Waals surface area (Å²) in [5, 5.41) is 8.60. The van der Waals surface area contributed by atoms with Crippen LogP contribution in [-0.4, -0.2) is 24.8 Å². The zero-order chi connectivity index (χ0) is 12.7. The van der Waals surface area contributed by atoms with E-state index in [9.17, 15) is 4.79 Å². The molecule has 1 aromatic carbocycles. The fourth-order valence-corrected chi connectivity index (χ4v) is 1.69. The van der Waals surface area contributed by atoms with Crippen LogP contribution in [0.25, 0.3) is 0 Å². The van der Waals surface area contributed by atoms with Crippen LogP contribution in [0.4, 0.5) is 0 Å². The normalized spacial score (nSPS) is 10.0. The molecule has 0 aliphatic rings. The summed E-state index contributed by atoms with van der Waals surface area (Å²) in [5.74, 6) is 0.646. The zero-order valence-corrected chi connectivity index (χ0v) is 10.2. The molecule has 0 fully saturated rings. The highest BCUT2D eigenvalue weighted by molar-refractivity contribution is 5.66. The number of benzene rings is 1. The van der Waals surface area contributed by atoms with Gasteiger partial charge in [0, 0.05) is 6.42 Å². The van der Waals surface area contributed by atoms with Crippen LogP contribution in [0.3, 0.4) is 0 Å². The van der Waals surface area contributed by atoms with Gasteiger partial charge in [-0.1, -0.05) is 12.1 Å². The Kier molecular flexibility index (Phi) is 5.33. The molecule has 94 valence electrons. The summed E-state index contributed by atoms with van der Waals surface area (Å²) in [6.07, 6.45) is 1.44. The number of hydrogen-bond donors (Lipinski definition) is 1. The number of ether oxygens (including phenoxy) is 2. The van der Waals surface area contributed by atoms with Crippen LogP contribution in [0.15, 0.2) is 18.2 Å². The van der Waals surface area contributed by atoms with E-state index in [-0.39, 0.29) is 6.42 Å². The smallest absolute Gasteiger partial charge is 0.303 e. The molecule has 1 N–H and O–H groups in total. The van der Waals surface area contributed by atoms with Crippen LogP contribution < -0.4 is 9.47 Å². The van der Waals surface area contributed by atoms with Gasteiger partial charge in [0.25, 0.3) is 0 Å². The van der Waals surface area contributed by atoms with E-state index < -0.39 is 5.97 Å². The monoisotopic (exact) mass is 238 g/mol. The van der Waals surface area contributed by atoms with Gasteiger partial charge in [-0.15, -0.1) is 0 Å². The minimum atomic E-state index is -0.773. The Hall–Kier alpha value is -1.71. The lowest BCUT2D eigenvalue weighted by molar-refractivity contribution is -0.137. The molecular formula is C13H18O4. The van der Waals surface area contributed by atoms with Gasteiger partial charge in [-0.25, -0.2) is 0 Å². The van der Waals surface area contributed by atoms with Crippen molar-refractivity contribution in [3.05, 3.63) is 23.8 Å². The summed E-state index contributed by atoms with van der Waals surface area (Å²) in [7, 11) is 1.60. The van der Waals surface area contributed by atoms with Crippen molar-refractivity contribution in [1.82, 2.24) is 0 Å². The standard InChI is InChI=1S/C13H18O4/c1-3-17-11-8-4-6-10(13(11)16-2)7-5-9-12(14)15/h4,6,8H,3,5,7,9H2,1-2H3,(H,14,15). The van der Waals surface area contributed by atoms with Crippen LogP contribution in [0.1, 0.15) is 25.3 Å². The quantitative estimate of drug-likeness (QED) is 0.793. The number of aliphatic carboxylic acids is 1. The number of para-hydroxylation sites is 1. The van der Waals surface area contributed by atoms with Crippen LogP contribution in [0.2, 0.25) is 0 Å². The first-order valence-electron chi connectivity index (χ1n) is 5.69. The number of rotatable bonds is 7. The minimum absolute atomic E-state index is 0.169. The van der Waals surface area contributed by atoms with Crippen LogP contribution in [0, 0.1) is 0 Å². The Balaban J connectivity index is 2.76. The highest BCUT2D eigenvalue weighted by Gasteiger charge is 2.10. The van der Waals surface area contributed by atoms with Gasteiger partial charge >= 0.3 is 5.97 Å². The van der Waals surface area contributed by atoms with Gasteiger partial charge in [0.05, 0.1) is 13.7 Å². The summed E-state index contributed by atoms with van der Waals surface area (Å²) >= 11 is 0. The van der Waals surface area contributed by atoms with Gasteiger partial charge in [0.2, 0.25) is 0 Å². The fraction of sp³-hybridized carbons (Fsp3) is 0.462. The highest BCUT2D eigenvalue weighted by Crippen LogP contribution is 2.31. The van der Waals surface area contributed by atoms with Crippen molar-refractivity contribution in [3.63, 3.8) is 0 Å². The maximum absolute atomic E-state index is 10.5. The maximum Gasteiger partial charge on any atom is 0.303 e. The largest absolute Gasteiger partial charge is 0.493 e. The minimum Gasteiger partial charge on any atom is -0.493 e. The molecule has 1 rings (SSSR count). The molecule has 0 saturated carbocycles. The third-order valence-electron chi connectivity index (χ3n) is 2.40. The summed E-state index contributed by atoms with van der Waals surface area (Å²) in [4.78, 5) is 10.5. The molecule has 17 heavy (non-hydrogen) atoms. The molecular weight excluding hydrogens is 220 g/mol. The first-order chi connectivity index (χ1) is 8.19. The van der Waals surface area contributed by atoms with Crippen molar-refractivity contribution in [2.45, 2.75) is 26.2 Å². The van der Waals surface area contributed by atoms with Crippen molar-refractivity contribution < 1.29 is 19.4 Å². The van der Waals surface area contributed by atoms with Crippen molar-refractivity contribution in [2.24, 2.45) is 0 Å². The topological polar surface area (TPSA) is 55.8 Å². The third kappa shape index (κ3) is 3.98. The predicted molar refractivity (Wildman–Crippen MR) is 64.7 cm³/mol. The van der Waals surface area contributed by atoms with Crippen molar-refractivity contribution in [1.29, 1.82) is 0 Å². The van der Waals surface area contributed by atoms with Gasteiger partial charge < -0.3 is 14.6 Å². The van der Waals surface area contributed by atoms with E-state index in [2.05, 4.69) is 0 Å². The second-order valence-electron chi connectivity index (χ2n) is 3.63. The van der Waals surface area contributed by atoms with Crippen LogP contribution in [-0.2, 0) is 11.2 Å². The van der Waals surface area contributed by atoms with E-state index >= 15 is 0 Å². The van der Waals surface area contributed by atoms with Gasteiger partial charge in [-0.3, -0.25) is 4.79 Å². The lowest BCUT2D eigenvalue weighted by atomic mass is 10.1. The van der Waals surface area contributed by atoms with E-state index in [4.69, 9.17) is 14.6 Å². The average molecular weight is 238 g/mol. The number of carboxylic acids is 1.